The normalized spacial score (nSPS) is 16.1. The molecule has 178 valence electrons. The molecule has 1 aliphatic heterocycles. The van der Waals surface area contributed by atoms with E-state index in [2.05, 4.69) is 20.3 Å². The lowest BCUT2D eigenvalue weighted by Gasteiger charge is -2.18. The zero-order valence-electron chi connectivity index (χ0n) is 17.5. The minimum atomic E-state index is -4.69. The third kappa shape index (κ3) is 5.57. The van der Waals surface area contributed by atoms with Crippen LogP contribution >= 0.6 is 23.2 Å². The Hall–Kier alpha value is -2.95. The number of halogens is 5. The molecule has 0 unspecified atom stereocenters. The molecule has 0 radical (unpaired) electrons. The summed E-state index contributed by atoms with van der Waals surface area (Å²) in [6.45, 7) is 0.476. The first-order chi connectivity index (χ1) is 16.1. The predicted octanol–water partition coefficient (Wildman–Crippen LogP) is 4.94. The van der Waals surface area contributed by atoms with E-state index in [1.807, 2.05) is 0 Å². The van der Waals surface area contributed by atoms with Crippen LogP contribution in [-0.2, 0) is 12.6 Å². The Kier molecular flexibility index (Phi) is 6.92. The number of pyridine rings is 1. The number of carbonyl (C=O) groups excluding carboxylic acids is 1. The van der Waals surface area contributed by atoms with E-state index >= 15 is 0 Å². The van der Waals surface area contributed by atoms with Crippen molar-refractivity contribution in [2.45, 2.75) is 25.1 Å². The lowest BCUT2D eigenvalue weighted by molar-refractivity contribution is -0.141. The van der Waals surface area contributed by atoms with Crippen LogP contribution in [-0.4, -0.2) is 45.0 Å². The minimum absolute atomic E-state index is 0.0465. The van der Waals surface area contributed by atoms with Gasteiger partial charge >= 0.3 is 6.18 Å². The number of ketones is 1. The molecule has 0 saturated carbocycles. The van der Waals surface area contributed by atoms with Crippen molar-refractivity contribution in [1.82, 2.24) is 15.0 Å². The van der Waals surface area contributed by atoms with Gasteiger partial charge in [-0.05, 0) is 36.2 Å². The van der Waals surface area contributed by atoms with E-state index in [1.54, 1.807) is 24.3 Å². The van der Waals surface area contributed by atoms with E-state index in [1.165, 1.54) is 17.2 Å². The van der Waals surface area contributed by atoms with Crippen molar-refractivity contribution < 1.29 is 23.1 Å². The maximum absolute atomic E-state index is 13.4. The van der Waals surface area contributed by atoms with Crippen molar-refractivity contribution in [2.75, 3.05) is 23.3 Å². The van der Waals surface area contributed by atoms with Crippen molar-refractivity contribution in [3.63, 3.8) is 0 Å². The van der Waals surface area contributed by atoms with E-state index in [0.717, 1.165) is 6.07 Å². The highest BCUT2D eigenvalue weighted by molar-refractivity contribution is 6.39. The number of hydrogen-bond donors (Lipinski definition) is 2. The van der Waals surface area contributed by atoms with Gasteiger partial charge in [-0.3, -0.25) is 4.79 Å². The summed E-state index contributed by atoms with van der Waals surface area (Å²) in [6.07, 6.45) is -3.56. The SMILES string of the molecule is O=C(Cc1ccnc(Nc2cc(C(F)(F)F)nc(N3CC[C@@H](O)C3)n2)c1)c1c(Cl)cccc1Cl. The Bertz CT molecular complexity index is 1210. The molecule has 0 aliphatic carbocycles. The van der Waals surface area contributed by atoms with Gasteiger partial charge in [0.15, 0.2) is 11.5 Å². The molecule has 1 aromatic carbocycles. The van der Waals surface area contributed by atoms with Crippen LogP contribution in [0.3, 0.4) is 0 Å². The number of carbonyl (C=O) groups is 1. The van der Waals surface area contributed by atoms with Gasteiger partial charge < -0.3 is 15.3 Å². The summed E-state index contributed by atoms with van der Waals surface area (Å²) < 4.78 is 40.3. The molecule has 12 heteroatoms. The monoisotopic (exact) mass is 511 g/mol. The molecule has 1 aliphatic rings. The second-order valence-corrected chi connectivity index (χ2v) is 8.51. The lowest BCUT2D eigenvalue weighted by atomic mass is 10.0. The number of aliphatic hydroxyl groups excluding tert-OH is 1. The van der Waals surface area contributed by atoms with Gasteiger partial charge in [-0.15, -0.1) is 0 Å². The molecular weight excluding hydrogens is 494 g/mol. The Morgan fingerprint density at radius 1 is 1.15 bits per heavy atom. The number of β-amino-alcohol motifs (C(OH)–C–C–N with tert-alkyl or cyclic N) is 1. The van der Waals surface area contributed by atoms with Gasteiger partial charge in [0, 0.05) is 31.8 Å². The zero-order valence-corrected chi connectivity index (χ0v) is 19.0. The third-order valence-corrected chi connectivity index (χ3v) is 5.77. The number of Topliss-reactive ketones (excluding diaryl/α,β-unsaturated/α-hetero) is 1. The number of alkyl halides is 3. The van der Waals surface area contributed by atoms with Crippen LogP contribution in [0.1, 0.15) is 28.0 Å². The molecule has 0 bridgehead atoms. The maximum atomic E-state index is 13.4. The highest BCUT2D eigenvalue weighted by Crippen LogP contribution is 2.32. The van der Waals surface area contributed by atoms with Gasteiger partial charge in [-0.25, -0.2) is 9.97 Å². The smallest absolute Gasteiger partial charge is 0.391 e. The van der Waals surface area contributed by atoms with Gasteiger partial charge in [0.25, 0.3) is 0 Å². The molecule has 4 rings (SSSR count). The number of hydrogen-bond acceptors (Lipinski definition) is 7. The molecular formula is C22H18Cl2F3N5O2. The molecule has 0 amide bonds. The summed E-state index contributed by atoms with van der Waals surface area (Å²) in [7, 11) is 0. The zero-order chi connectivity index (χ0) is 24.5. The Labute approximate surface area is 202 Å². The van der Waals surface area contributed by atoms with E-state index in [4.69, 9.17) is 23.2 Å². The average molecular weight is 512 g/mol. The first kappa shape index (κ1) is 24.2. The molecule has 1 fully saturated rings. The summed E-state index contributed by atoms with van der Waals surface area (Å²) in [4.78, 5) is 26.1. The second kappa shape index (κ2) is 9.73. The second-order valence-electron chi connectivity index (χ2n) is 7.70. The van der Waals surface area contributed by atoms with Crippen LogP contribution in [0.15, 0.2) is 42.6 Å². The largest absolute Gasteiger partial charge is 0.433 e. The van der Waals surface area contributed by atoms with Crippen molar-refractivity contribution in [1.29, 1.82) is 0 Å². The molecule has 1 atom stereocenters. The van der Waals surface area contributed by atoms with Crippen molar-refractivity contribution in [2.24, 2.45) is 0 Å². The van der Waals surface area contributed by atoms with Gasteiger partial charge in [0.05, 0.1) is 21.7 Å². The van der Waals surface area contributed by atoms with Crippen molar-refractivity contribution in [3.05, 3.63) is 69.5 Å². The van der Waals surface area contributed by atoms with Crippen LogP contribution in [0.5, 0.6) is 0 Å². The van der Waals surface area contributed by atoms with Gasteiger partial charge in [-0.1, -0.05) is 29.3 Å². The molecule has 3 aromatic rings. The first-order valence-corrected chi connectivity index (χ1v) is 10.9. The minimum Gasteiger partial charge on any atom is -0.391 e. The Morgan fingerprint density at radius 3 is 2.53 bits per heavy atom. The summed E-state index contributed by atoms with van der Waals surface area (Å²) in [6, 6.07) is 8.65. The summed E-state index contributed by atoms with van der Waals surface area (Å²) >= 11 is 12.2. The van der Waals surface area contributed by atoms with E-state index in [-0.39, 0.29) is 51.9 Å². The molecule has 1 saturated heterocycles. The first-order valence-electron chi connectivity index (χ1n) is 10.2. The molecule has 34 heavy (non-hydrogen) atoms. The van der Waals surface area contributed by atoms with Crippen LogP contribution in [0.4, 0.5) is 30.8 Å². The highest BCUT2D eigenvalue weighted by atomic mass is 35.5. The Morgan fingerprint density at radius 2 is 1.88 bits per heavy atom. The van der Waals surface area contributed by atoms with Gasteiger partial charge in [0.2, 0.25) is 5.95 Å². The van der Waals surface area contributed by atoms with Gasteiger partial charge in [-0.2, -0.15) is 18.2 Å². The number of benzene rings is 1. The summed E-state index contributed by atoms with van der Waals surface area (Å²) in [5.41, 5.74) is -0.382. The quantitative estimate of drug-likeness (QED) is 0.453. The van der Waals surface area contributed by atoms with Crippen LogP contribution in [0.2, 0.25) is 10.0 Å². The number of nitrogens with one attached hydrogen (secondary N) is 1. The van der Waals surface area contributed by atoms with Crippen molar-refractivity contribution >= 4 is 46.6 Å². The van der Waals surface area contributed by atoms with E-state index < -0.39 is 18.0 Å². The third-order valence-electron chi connectivity index (χ3n) is 5.14. The highest BCUT2D eigenvalue weighted by Gasteiger charge is 2.35. The fourth-order valence-electron chi connectivity index (χ4n) is 3.53. The Balaban J connectivity index is 1.58. The molecule has 0 spiro atoms. The number of aliphatic hydroxyl groups is 1. The summed E-state index contributed by atoms with van der Waals surface area (Å²) in [5.74, 6) is -0.392. The average Bonchev–Trinajstić information content (AvgIpc) is 3.19. The van der Waals surface area contributed by atoms with E-state index in [0.29, 0.717) is 18.5 Å². The molecule has 3 heterocycles. The van der Waals surface area contributed by atoms with Crippen LogP contribution in [0.25, 0.3) is 0 Å². The van der Waals surface area contributed by atoms with Crippen molar-refractivity contribution in [3.8, 4) is 0 Å². The fraction of sp³-hybridized carbons (Fsp3) is 0.273. The number of anilines is 3. The maximum Gasteiger partial charge on any atom is 0.433 e. The van der Waals surface area contributed by atoms with Crippen LogP contribution in [0, 0.1) is 0 Å². The molecule has 2 N–H and O–H groups in total. The number of nitrogens with zero attached hydrogens (tertiary/aromatic N) is 4. The fourth-order valence-corrected chi connectivity index (χ4v) is 4.14. The molecule has 7 nitrogen and oxygen atoms in total. The number of rotatable bonds is 6. The number of aromatic nitrogens is 3. The van der Waals surface area contributed by atoms with Crippen LogP contribution < -0.4 is 10.2 Å². The predicted molar refractivity (Wildman–Crippen MR) is 122 cm³/mol. The van der Waals surface area contributed by atoms with E-state index in [9.17, 15) is 23.1 Å². The van der Waals surface area contributed by atoms with Gasteiger partial charge in [0.1, 0.15) is 11.6 Å². The molecule has 2 aromatic heterocycles. The standard InChI is InChI=1S/C22H18Cl2F3N5O2/c23-14-2-1-3-15(24)20(14)16(34)8-12-4-6-28-18(9-12)30-19-10-17(22(25,26)27)29-21(31-19)32-7-5-13(33)11-32/h1-4,6,9-10,13,33H,5,7-8,11H2,(H,28,29,30,31)/t13-/m1/s1. The summed E-state index contributed by atoms with van der Waals surface area (Å²) in [5, 5.41) is 12.9. The lowest BCUT2D eigenvalue weighted by Crippen LogP contribution is -2.25. The topological polar surface area (TPSA) is 91.2 Å².